The second-order valence-corrected chi connectivity index (χ2v) is 5.29. The molecule has 0 saturated carbocycles. The fourth-order valence-corrected chi connectivity index (χ4v) is 1.90. The largest absolute Gasteiger partial charge is 0.479 e. The van der Waals surface area contributed by atoms with E-state index in [2.05, 4.69) is 5.32 Å². The summed E-state index contributed by atoms with van der Waals surface area (Å²) in [5, 5.41) is 2.44. The maximum Gasteiger partial charge on any atom is 0.347 e. The third-order valence-corrected chi connectivity index (χ3v) is 3.21. The van der Waals surface area contributed by atoms with Crippen LogP contribution in [0.2, 0.25) is 0 Å². The standard InChI is InChI=1S/C18H17F2NO4/c1-11(17(22)21-15-5-3-4-14(20)10-15)25-18(23)12(2)24-16-8-6-13(19)7-9-16/h3-12H,1-2H3,(H,21,22)/t11-,12+/m1/s1. The molecule has 1 amide bonds. The van der Waals surface area contributed by atoms with Crippen molar-refractivity contribution in [1.29, 1.82) is 0 Å². The van der Waals surface area contributed by atoms with E-state index in [1.54, 1.807) is 0 Å². The van der Waals surface area contributed by atoms with Crippen molar-refractivity contribution in [2.24, 2.45) is 0 Å². The summed E-state index contributed by atoms with van der Waals surface area (Å²) in [5.41, 5.74) is 0.253. The molecule has 0 aliphatic rings. The molecule has 0 unspecified atom stereocenters. The van der Waals surface area contributed by atoms with Crippen molar-refractivity contribution in [3.05, 3.63) is 60.2 Å². The number of carbonyl (C=O) groups excluding carboxylic acids is 2. The Balaban J connectivity index is 1.87. The molecule has 2 aromatic rings. The van der Waals surface area contributed by atoms with Crippen LogP contribution in [0.4, 0.5) is 14.5 Å². The van der Waals surface area contributed by atoms with E-state index in [0.29, 0.717) is 5.75 Å². The minimum atomic E-state index is -1.10. The van der Waals surface area contributed by atoms with Gasteiger partial charge in [-0.3, -0.25) is 4.79 Å². The summed E-state index contributed by atoms with van der Waals surface area (Å²) in [6, 6.07) is 10.5. The smallest absolute Gasteiger partial charge is 0.347 e. The number of esters is 1. The zero-order chi connectivity index (χ0) is 18.4. The molecule has 0 aliphatic heterocycles. The van der Waals surface area contributed by atoms with Gasteiger partial charge in [0.15, 0.2) is 12.2 Å². The monoisotopic (exact) mass is 349 g/mol. The quantitative estimate of drug-likeness (QED) is 0.813. The topological polar surface area (TPSA) is 64.6 Å². The van der Waals surface area contributed by atoms with Gasteiger partial charge in [0, 0.05) is 5.69 Å². The Hall–Kier alpha value is -2.96. The van der Waals surface area contributed by atoms with Gasteiger partial charge in [0.05, 0.1) is 0 Å². The molecule has 0 heterocycles. The first-order chi connectivity index (χ1) is 11.8. The van der Waals surface area contributed by atoms with Crippen LogP contribution in [-0.2, 0) is 14.3 Å². The summed E-state index contributed by atoms with van der Waals surface area (Å²) in [6.07, 6.45) is -2.09. The molecule has 0 aromatic heterocycles. The Bertz CT molecular complexity index is 749. The fourth-order valence-electron chi connectivity index (χ4n) is 1.90. The molecule has 132 valence electrons. The van der Waals surface area contributed by atoms with E-state index in [1.165, 1.54) is 56.3 Å². The van der Waals surface area contributed by atoms with Gasteiger partial charge in [0.25, 0.3) is 5.91 Å². The van der Waals surface area contributed by atoms with Crippen molar-refractivity contribution in [1.82, 2.24) is 0 Å². The SMILES string of the molecule is C[C@H](Oc1ccc(F)cc1)C(=O)O[C@H](C)C(=O)Nc1cccc(F)c1. The Morgan fingerprint density at radius 1 is 0.960 bits per heavy atom. The maximum absolute atomic E-state index is 13.1. The Kier molecular flexibility index (Phi) is 6.05. The van der Waals surface area contributed by atoms with Gasteiger partial charge >= 0.3 is 5.97 Å². The van der Waals surface area contributed by atoms with E-state index in [4.69, 9.17) is 9.47 Å². The third kappa shape index (κ3) is 5.56. The van der Waals surface area contributed by atoms with Gasteiger partial charge in [-0.1, -0.05) is 6.07 Å². The lowest BCUT2D eigenvalue weighted by atomic mass is 10.3. The summed E-state index contributed by atoms with van der Waals surface area (Å²) in [6.45, 7) is 2.83. The van der Waals surface area contributed by atoms with Gasteiger partial charge in [-0.05, 0) is 56.3 Å². The number of rotatable bonds is 6. The molecule has 0 spiro atoms. The summed E-state index contributed by atoms with van der Waals surface area (Å²) in [4.78, 5) is 24.0. The van der Waals surface area contributed by atoms with Crippen molar-refractivity contribution in [2.45, 2.75) is 26.1 Å². The van der Waals surface area contributed by atoms with Gasteiger partial charge < -0.3 is 14.8 Å². The molecule has 0 bridgehead atoms. The molecule has 25 heavy (non-hydrogen) atoms. The van der Waals surface area contributed by atoms with Crippen LogP contribution in [0.25, 0.3) is 0 Å². The Labute approximate surface area is 143 Å². The first kappa shape index (κ1) is 18.4. The van der Waals surface area contributed by atoms with Gasteiger partial charge in [-0.25, -0.2) is 13.6 Å². The average molecular weight is 349 g/mol. The zero-order valence-corrected chi connectivity index (χ0v) is 13.7. The lowest BCUT2D eigenvalue weighted by Gasteiger charge is -2.17. The summed E-state index contributed by atoms with van der Waals surface area (Å²) >= 11 is 0. The predicted molar refractivity (Wildman–Crippen MR) is 87.1 cm³/mol. The van der Waals surface area contributed by atoms with Gasteiger partial charge in [0.2, 0.25) is 0 Å². The van der Waals surface area contributed by atoms with E-state index < -0.39 is 35.7 Å². The molecule has 0 aliphatic carbocycles. The minimum Gasteiger partial charge on any atom is -0.479 e. The van der Waals surface area contributed by atoms with Crippen molar-refractivity contribution in [2.75, 3.05) is 5.32 Å². The lowest BCUT2D eigenvalue weighted by molar-refractivity contribution is -0.159. The summed E-state index contributed by atoms with van der Waals surface area (Å²) in [7, 11) is 0. The van der Waals surface area contributed by atoms with Crippen LogP contribution in [0.1, 0.15) is 13.8 Å². The van der Waals surface area contributed by atoms with Gasteiger partial charge in [0.1, 0.15) is 17.4 Å². The second kappa shape index (κ2) is 8.23. The van der Waals surface area contributed by atoms with E-state index >= 15 is 0 Å². The predicted octanol–water partition coefficient (Wildman–Crippen LogP) is 3.30. The van der Waals surface area contributed by atoms with Crippen LogP contribution in [0.3, 0.4) is 0 Å². The van der Waals surface area contributed by atoms with Crippen LogP contribution in [0.5, 0.6) is 5.75 Å². The van der Waals surface area contributed by atoms with Gasteiger partial charge in [-0.2, -0.15) is 0 Å². The molecule has 1 N–H and O–H groups in total. The number of carbonyl (C=O) groups is 2. The minimum absolute atomic E-state index is 0.253. The van der Waals surface area contributed by atoms with Crippen molar-refractivity contribution < 1.29 is 27.8 Å². The first-order valence-corrected chi connectivity index (χ1v) is 7.54. The van der Waals surface area contributed by atoms with E-state index in [0.717, 1.165) is 6.07 Å². The molecule has 5 nitrogen and oxygen atoms in total. The number of hydrogen-bond acceptors (Lipinski definition) is 4. The van der Waals surface area contributed by atoms with Crippen LogP contribution in [0, 0.1) is 11.6 Å². The Morgan fingerprint density at radius 3 is 2.28 bits per heavy atom. The molecule has 2 rings (SSSR count). The normalized spacial score (nSPS) is 12.8. The zero-order valence-electron chi connectivity index (χ0n) is 13.7. The van der Waals surface area contributed by atoms with E-state index in [-0.39, 0.29) is 5.69 Å². The molecule has 0 fully saturated rings. The molecule has 7 heteroatoms. The number of hydrogen-bond donors (Lipinski definition) is 1. The molecular weight excluding hydrogens is 332 g/mol. The number of benzene rings is 2. The first-order valence-electron chi connectivity index (χ1n) is 7.54. The number of amides is 1. The second-order valence-electron chi connectivity index (χ2n) is 5.29. The van der Waals surface area contributed by atoms with E-state index in [9.17, 15) is 18.4 Å². The van der Waals surface area contributed by atoms with Crippen molar-refractivity contribution in [3.8, 4) is 5.75 Å². The molecule has 0 radical (unpaired) electrons. The lowest BCUT2D eigenvalue weighted by Crippen LogP contribution is -2.35. The molecule has 2 atom stereocenters. The van der Waals surface area contributed by atoms with Crippen molar-refractivity contribution >= 4 is 17.6 Å². The third-order valence-electron chi connectivity index (χ3n) is 3.21. The highest BCUT2D eigenvalue weighted by atomic mass is 19.1. The summed E-state index contributed by atoms with van der Waals surface area (Å²) in [5.74, 6) is -1.99. The van der Waals surface area contributed by atoms with Crippen LogP contribution < -0.4 is 10.1 Å². The number of nitrogens with one attached hydrogen (secondary N) is 1. The number of anilines is 1. The van der Waals surface area contributed by atoms with Crippen LogP contribution >= 0.6 is 0 Å². The molecular formula is C18H17F2NO4. The van der Waals surface area contributed by atoms with Crippen molar-refractivity contribution in [3.63, 3.8) is 0 Å². The van der Waals surface area contributed by atoms with E-state index in [1.807, 2.05) is 0 Å². The van der Waals surface area contributed by atoms with Gasteiger partial charge in [-0.15, -0.1) is 0 Å². The molecule has 0 saturated heterocycles. The van der Waals surface area contributed by atoms with Crippen LogP contribution in [-0.4, -0.2) is 24.1 Å². The Morgan fingerprint density at radius 2 is 1.64 bits per heavy atom. The number of halogens is 2. The average Bonchev–Trinajstić information content (AvgIpc) is 2.56. The maximum atomic E-state index is 13.1. The summed E-state index contributed by atoms with van der Waals surface area (Å²) < 4.78 is 36.3. The number of ether oxygens (including phenoxy) is 2. The van der Waals surface area contributed by atoms with Crippen LogP contribution in [0.15, 0.2) is 48.5 Å². The highest BCUT2D eigenvalue weighted by Crippen LogP contribution is 2.14. The fraction of sp³-hybridized carbons (Fsp3) is 0.222. The highest BCUT2D eigenvalue weighted by Gasteiger charge is 2.23. The highest BCUT2D eigenvalue weighted by molar-refractivity contribution is 5.95. The molecule has 2 aromatic carbocycles.